The summed E-state index contributed by atoms with van der Waals surface area (Å²) < 4.78 is 0. The van der Waals surface area contributed by atoms with Gasteiger partial charge in [0.15, 0.2) is 6.29 Å². The van der Waals surface area contributed by atoms with Gasteiger partial charge >= 0.3 is 0 Å². The Balaban J connectivity index is 2.64. The molecule has 2 rings (SSSR count). The van der Waals surface area contributed by atoms with Gasteiger partial charge in [-0.15, -0.1) is 0 Å². The molecule has 15 heavy (non-hydrogen) atoms. The molecule has 0 atom stereocenters. The van der Waals surface area contributed by atoms with Crippen LogP contribution in [0.1, 0.15) is 10.4 Å². The summed E-state index contributed by atoms with van der Waals surface area (Å²) >= 11 is 11.7. The van der Waals surface area contributed by atoms with Gasteiger partial charge in [0.2, 0.25) is 0 Å². The van der Waals surface area contributed by atoms with Gasteiger partial charge in [-0.1, -0.05) is 41.4 Å². The summed E-state index contributed by atoms with van der Waals surface area (Å²) in [5.74, 6) is 0. The number of nitrogens with one attached hydrogen (secondary N) is 1. The van der Waals surface area contributed by atoms with Crippen molar-refractivity contribution in [1.29, 1.82) is 0 Å². The molecular weight excluding hydrogens is 235 g/mol. The number of rotatable bonds is 2. The minimum atomic E-state index is 0.222. The lowest BCUT2D eigenvalue weighted by molar-refractivity contribution is 0.112. The maximum absolute atomic E-state index is 10.8. The summed E-state index contributed by atoms with van der Waals surface area (Å²) in [7, 11) is 0. The molecule has 5 heteroatoms. The van der Waals surface area contributed by atoms with Crippen molar-refractivity contribution in [3.8, 4) is 11.3 Å². The molecular formula is C10H6Cl2N2O. The van der Waals surface area contributed by atoms with E-state index in [0.717, 1.165) is 0 Å². The van der Waals surface area contributed by atoms with Crippen molar-refractivity contribution in [3.05, 3.63) is 40.0 Å². The Morgan fingerprint density at radius 1 is 1.27 bits per heavy atom. The standard InChI is InChI=1S/C10H6Cl2N2O/c11-8-4-2-1-3-6(8)9-7(5-15)10(12)14-13-9/h1-5H,(H,13,14). The number of carbonyl (C=O) groups excluding carboxylic acids is 1. The van der Waals surface area contributed by atoms with Gasteiger partial charge in [0.05, 0.1) is 10.6 Å². The van der Waals surface area contributed by atoms with E-state index >= 15 is 0 Å². The first-order chi connectivity index (χ1) is 7.24. The molecule has 0 saturated heterocycles. The fourth-order valence-corrected chi connectivity index (χ4v) is 1.70. The zero-order valence-electron chi connectivity index (χ0n) is 7.50. The van der Waals surface area contributed by atoms with Crippen LogP contribution in [0.2, 0.25) is 10.2 Å². The number of aldehydes is 1. The largest absolute Gasteiger partial charge is 0.298 e. The second-order valence-corrected chi connectivity index (χ2v) is 3.68. The highest BCUT2D eigenvalue weighted by Crippen LogP contribution is 2.30. The lowest BCUT2D eigenvalue weighted by Crippen LogP contribution is -1.85. The zero-order chi connectivity index (χ0) is 10.8. The first kappa shape index (κ1) is 10.2. The highest BCUT2D eigenvalue weighted by Gasteiger charge is 2.14. The minimum Gasteiger partial charge on any atom is -0.298 e. The number of nitrogens with zero attached hydrogens (tertiary/aromatic N) is 1. The molecule has 1 heterocycles. The summed E-state index contributed by atoms with van der Waals surface area (Å²) in [5.41, 5.74) is 1.48. The Hall–Kier alpha value is -1.32. The molecule has 3 nitrogen and oxygen atoms in total. The number of hydrogen-bond acceptors (Lipinski definition) is 2. The SMILES string of the molecule is O=Cc1c(-c2ccccc2Cl)n[nH]c1Cl. The van der Waals surface area contributed by atoms with Gasteiger partial charge in [-0.25, -0.2) is 0 Å². The molecule has 0 fully saturated rings. The number of H-pyrrole nitrogens is 1. The molecule has 0 bridgehead atoms. The first-order valence-corrected chi connectivity index (χ1v) is 4.93. The topological polar surface area (TPSA) is 45.8 Å². The van der Waals surface area contributed by atoms with E-state index in [9.17, 15) is 4.79 Å². The van der Waals surface area contributed by atoms with E-state index in [2.05, 4.69) is 10.2 Å². The summed E-state index contributed by atoms with van der Waals surface area (Å²) in [6.07, 6.45) is 0.657. The van der Waals surface area contributed by atoms with Crippen molar-refractivity contribution in [1.82, 2.24) is 10.2 Å². The van der Waals surface area contributed by atoms with E-state index in [1.807, 2.05) is 6.07 Å². The van der Waals surface area contributed by atoms with Crippen LogP contribution in [0.3, 0.4) is 0 Å². The van der Waals surface area contributed by atoms with E-state index in [1.165, 1.54) is 0 Å². The second kappa shape index (κ2) is 4.04. The molecule has 0 aliphatic heterocycles. The van der Waals surface area contributed by atoms with E-state index in [-0.39, 0.29) is 5.15 Å². The smallest absolute Gasteiger partial charge is 0.155 e. The van der Waals surface area contributed by atoms with E-state index in [1.54, 1.807) is 18.2 Å². The van der Waals surface area contributed by atoms with Crippen molar-refractivity contribution < 1.29 is 4.79 Å². The minimum absolute atomic E-state index is 0.222. The van der Waals surface area contributed by atoms with E-state index < -0.39 is 0 Å². The monoisotopic (exact) mass is 240 g/mol. The molecule has 76 valence electrons. The van der Waals surface area contributed by atoms with Gasteiger partial charge in [0.1, 0.15) is 10.8 Å². The molecule has 1 aromatic carbocycles. The lowest BCUT2D eigenvalue weighted by atomic mass is 10.1. The summed E-state index contributed by atoms with van der Waals surface area (Å²) in [4.78, 5) is 10.8. The number of aromatic nitrogens is 2. The predicted octanol–water partition coefficient (Wildman–Crippen LogP) is 3.20. The van der Waals surface area contributed by atoms with Crippen LogP contribution < -0.4 is 0 Å². The molecule has 0 amide bonds. The fourth-order valence-electron chi connectivity index (χ4n) is 1.30. The summed E-state index contributed by atoms with van der Waals surface area (Å²) in [6.45, 7) is 0. The molecule has 1 aromatic heterocycles. The highest BCUT2D eigenvalue weighted by molar-refractivity contribution is 6.34. The molecule has 0 spiro atoms. The number of carbonyl (C=O) groups is 1. The van der Waals surface area contributed by atoms with Crippen LogP contribution >= 0.6 is 23.2 Å². The number of hydrogen-bond donors (Lipinski definition) is 1. The van der Waals surface area contributed by atoms with Crippen molar-refractivity contribution in [2.24, 2.45) is 0 Å². The van der Waals surface area contributed by atoms with Gasteiger partial charge in [0.25, 0.3) is 0 Å². The third kappa shape index (κ3) is 1.76. The van der Waals surface area contributed by atoms with Gasteiger partial charge < -0.3 is 0 Å². The van der Waals surface area contributed by atoms with Crippen LogP contribution in [0.5, 0.6) is 0 Å². The molecule has 0 saturated carbocycles. The zero-order valence-corrected chi connectivity index (χ0v) is 9.01. The predicted molar refractivity (Wildman–Crippen MR) is 59.4 cm³/mol. The Morgan fingerprint density at radius 2 is 2.00 bits per heavy atom. The van der Waals surface area contributed by atoms with Crippen LogP contribution in [0.4, 0.5) is 0 Å². The lowest BCUT2D eigenvalue weighted by Gasteiger charge is -1.99. The summed E-state index contributed by atoms with van der Waals surface area (Å²) in [5, 5.41) is 7.24. The third-order valence-electron chi connectivity index (χ3n) is 2.00. The normalized spacial score (nSPS) is 10.3. The van der Waals surface area contributed by atoms with Crippen LogP contribution in [-0.2, 0) is 0 Å². The van der Waals surface area contributed by atoms with Crippen LogP contribution in [0.15, 0.2) is 24.3 Å². The van der Waals surface area contributed by atoms with Crippen molar-refractivity contribution in [3.63, 3.8) is 0 Å². The van der Waals surface area contributed by atoms with Crippen molar-refractivity contribution in [2.75, 3.05) is 0 Å². The maximum atomic E-state index is 10.8. The molecule has 0 radical (unpaired) electrons. The number of halogens is 2. The Morgan fingerprint density at radius 3 is 2.67 bits per heavy atom. The fraction of sp³-hybridized carbons (Fsp3) is 0. The quantitative estimate of drug-likeness (QED) is 0.820. The second-order valence-electron chi connectivity index (χ2n) is 2.90. The first-order valence-electron chi connectivity index (χ1n) is 4.18. The Bertz CT molecular complexity index is 508. The van der Waals surface area contributed by atoms with Crippen LogP contribution in [-0.4, -0.2) is 16.5 Å². The molecule has 2 aromatic rings. The average molecular weight is 241 g/mol. The maximum Gasteiger partial charge on any atom is 0.155 e. The Kier molecular flexibility index (Phi) is 2.75. The number of benzene rings is 1. The van der Waals surface area contributed by atoms with Crippen molar-refractivity contribution in [2.45, 2.75) is 0 Å². The highest BCUT2D eigenvalue weighted by atomic mass is 35.5. The van der Waals surface area contributed by atoms with Crippen LogP contribution in [0.25, 0.3) is 11.3 Å². The van der Waals surface area contributed by atoms with Gasteiger partial charge in [0, 0.05) is 5.56 Å². The molecule has 0 unspecified atom stereocenters. The van der Waals surface area contributed by atoms with E-state index in [4.69, 9.17) is 23.2 Å². The van der Waals surface area contributed by atoms with Crippen molar-refractivity contribution >= 4 is 29.5 Å². The molecule has 0 aliphatic rings. The van der Waals surface area contributed by atoms with Crippen LogP contribution in [0, 0.1) is 0 Å². The molecule has 1 N–H and O–H groups in total. The average Bonchev–Trinajstić information content (AvgIpc) is 2.60. The van der Waals surface area contributed by atoms with Gasteiger partial charge in [-0.05, 0) is 6.07 Å². The van der Waals surface area contributed by atoms with Gasteiger partial charge in [-0.2, -0.15) is 5.10 Å². The van der Waals surface area contributed by atoms with E-state index in [0.29, 0.717) is 28.1 Å². The molecule has 0 aliphatic carbocycles. The van der Waals surface area contributed by atoms with Gasteiger partial charge in [-0.3, -0.25) is 9.89 Å². The third-order valence-corrected chi connectivity index (χ3v) is 2.62. The Labute approximate surface area is 96.0 Å². The number of aromatic amines is 1. The summed E-state index contributed by atoms with van der Waals surface area (Å²) in [6, 6.07) is 7.13.